The van der Waals surface area contributed by atoms with Crippen molar-refractivity contribution in [2.45, 2.75) is 20.0 Å². The third-order valence-electron chi connectivity index (χ3n) is 2.60. The van der Waals surface area contributed by atoms with E-state index in [2.05, 4.69) is 38.9 Å². The number of rotatable bonds is 4. The van der Waals surface area contributed by atoms with Crippen LogP contribution in [0.5, 0.6) is 0 Å². The van der Waals surface area contributed by atoms with Gasteiger partial charge in [-0.1, -0.05) is 27.5 Å². The average Bonchev–Trinajstić information content (AvgIpc) is 2.70. The van der Waals surface area contributed by atoms with Crippen LogP contribution in [0.2, 0.25) is 5.02 Å². The fourth-order valence-electron chi connectivity index (χ4n) is 1.58. The summed E-state index contributed by atoms with van der Waals surface area (Å²) in [5.41, 5.74) is 3.91. The Bertz CT molecular complexity index is 510. The normalized spacial score (nSPS) is 10.8. The highest BCUT2D eigenvalue weighted by molar-refractivity contribution is 9.10. The van der Waals surface area contributed by atoms with E-state index in [0.29, 0.717) is 0 Å². The molecule has 0 atom stereocenters. The van der Waals surface area contributed by atoms with Crippen LogP contribution in [0, 0.1) is 6.92 Å². The van der Waals surface area contributed by atoms with Gasteiger partial charge in [0.2, 0.25) is 0 Å². The predicted octanol–water partition coefficient (Wildman–Crippen LogP) is 4.76. The Kier molecular flexibility index (Phi) is 4.62. The van der Waals surface area contributed by atoms with Gasteiger partial charge in [-0.05, 0) is 52.6 Å². The summed E-state index contributed by atoms with van der Waals surface area (Å²) in [5.74, 6) is 0. The molecule has 0 saturated heterocycles. The summed E-state index contributed by atoms with van der Waals surface area (Å²) in [6.45, 7) is 3.85. The molecule has 0 aliphatic rings. The maximum atomic E-state index is 5.97. The third kappa shape index (κ3) is 3.55. The van der Waals surface area contributed by atoms with Crippen LogP contribution in [0.15, 0.2) is 33.4 Å². The van der Waals surface area contributed by atoms with E-state index in [4.69, 9.17) is 11.6 Å². The second kappa shape index (κ2) is 6.01. The van der Waals surface area contributed by atoms with Crippen molar-refractivity contribution < 1.29 is 0 Å². The van der Waals surface area contributed by atoms with Crippen LogP contribution in [0.25, 0.3) is 0 Å². The van der Waals surface area contributed by atoms with Crippen LogP contribution in [0.4, 0.5) is 0 Å². The summed E-state index contributed by atoms with van der Waals surface area (Å²) in [6.07, 6.45) is 0. The molecule has 1 nitrogen and oxygen atoms in total. The Morgan fingerprint density at radius 2 is 2.00 bits per heavy atom. The zero-order valence-corrected chi connectivity index (χ0v) is 12.6. The number of hydrogen-bond donors (Lipinski definition) is 1. The quantitative estimate of drug-likeness (QED) is 0.852. The lowest BCUT2D eigenvalue weighted by molar-refractivity contribution is 0.691. The highest BCUT2D eigenvalue weighted by Gasteiger charge is 2.02. The molecular weight excluding hydrogens is 318 g/mol. The van der Waals surface area contributed by atoms with E-state index in [1.807, 2.05) is 18.2 Å². The highest BCUT2D eigenvalue weighted by Crippen LogP contribution is 2.21. The molecule has 2 rings (SSSR count). The fourth-order valence-corrected chi connectivity index (χ4v) is 3.02. The first-order chi connectivity index (χ1) is 8.16. The van der Waals surface area contributed by atoms with Crippen molar-refractivity contribution in [3.05, 3.63) is 55.1 Å². The molecule has 17 heavy (non-hydrogen) atoms. The van der Waals surface area contributed by atoms with Gasteiger partial charge in [-0.25, -0.2) is 0 Å². The van der Waals surface area contributed by atoms with Crippen molar-refractivity contribution in [3.63, 3.8) is 0 Å². The van der Waals surface area contributed by atoms with Gasteiger partial charge in [0.15, 0.2) is 0 Å². The Morgan fingerprint density at radius 1 is 1.24 bits per heavy atom. The number of nitrogens with one attached hydrogen (secondary N) is 1. The minimum absolute atomic E-state index is 0.775. The molecule has 0 fully saturated rings. The maximum Gasteiger partial charge on any atom is 0.0410 e. The summed E-state index contributed by atoms with van der Waals surface area (Å²) >= 11 is 11.2. The maximum absolute atomic E-state index is 5.97. The highest BCUT2D eigenvalue weighted by atomic mass is 79.9. The van der Waals surface area contributed by atoms with Crippen LogP contribution in [0.1, 0.15) is 16.7 Å². The Hall–Kier alpha value is -0.350. The molecule has 0 saturated carbocycles. The third-order valence-corrected chi connectivity index (χ3v) is 4.52. The molecule has 0 radical (unpaired) electrons. The number of thiophene rings is 1. The Labute approximate surface area is 119 Å². The smallest absolute Gasteiger partial charge is 0.0410 e. The van der Waals surface area contributed by atoms with Crippen molar-refractivity contribution in [3.8, 4) is 0 Å². The molecule has 2 aromatic rings. The fraction of sp³-hybridized carbons (Fsp3) is 0.231. The molecule has 0 unspecified atom stereocenters. The van der Waals surface area contributed by atoms with E-state index < -0.39 is 0 Å². The summed E-state index contributed by atoms with van der Waals surface area (Å²) < 4.78 is 1.09. The van der Waals surface area contributed by atoms with Gasteiger partial charge in [0.05, 0.1) is 0 Å². The molecule has 4 heteroatoms. The largest absolute Gasteiger partial charge is 0.309 e. The van der Waals surface area contributed by atoms with Gasteiger partial charge >= 0.3 is 0 Å². The SMILES string of the molecule is Cc1cscc1CNCc1cc(Cl)ccc1Br. The predicted molar refractivity (Wildman–Crippen MR) is 78.8 cm³/mol. The molecule has 0 bridgehead atoms. The van der Waals surface area contributed by atoms with Crippen molar-refractivity contribution in [1.82, 2.24) is 5.32 Å². The first-order valence-electron chi connectivity index (χ1n) is 5.33. The van der Waals surface area contributed by atoms with E-state index >= 15 is 0 Å². The topological polar surface area (TPSA) is 12.0 Å². The van der Waals surface area contributed by atoms with Crippen LogP contribution in [-0.4, -0.2) is 0 Å². The first kappa shape index (κ1) is 13.1. The molecule has 1 aromatic heterocycles. The zero-order chi connectivity index (χ0) is 12.3. The van der Waals surface area contributed by atoms with Crippen LogP contribution >= 0.6 is 38.9 Å². The second-order valence-corrected chi connectivity index (χ2v) is 5.95. The lowest BCUT2D eigenvalue weighted by atomic mass is 10.2. The zero-order valence-electron chi connectivity index (χ0n) is 9.47. The van der Waals surface area contributed by atoms with Gasteiger partial charge in [0, 0.05) is 22.6 Å². The van der Waals surface area contributed by atoms with Gasteiger partial charge < -0.3 is 5.32 Å². The summed E-state index contributed by atoms with van der Waals surface area (Å²) in [6, 6.07) is 5.85. The molecule has 0 amide bonds. The Morgan fingerprint density at radius 3 is 2.71 bits per heavy atom. The van der Waals surface area contributed by atoms with Gasteiger partial charge in [-0.3, -0.25) is 0 Å². The molecule has 1 N–H and O–H groups in total. The molecule has 90 valence electrons. The van der Waals surface area contributed by atoms with E-state index in [1.54, 1.807) is 11.3 Å². The summed E-state index contributed by atoms with van der Waals surface area (Å²) in [4.78, 5) is 0. The van der Waals surface area contributed by atoms with Gasteiger partial charge in [0.1, 0.15) is 0 Å². The molecule has 1 aromatic carbocycles. The monoisotopic (exact) mass is 329 g/mol. The van der Waals surface area contributed by atoms with Crippen molar-refractivity contribution in [1.29, 1.82) is 0 Å². The van der Waals surface area contributed by atoms with Crippen LogP contribution < -0.4 is 5.32 Å². The first-order valence-corrected chi connectivity index (χ1v) is 7.44. The van der Waals surface area contributed by atoms with E-state index in [-0.39, 0.29) is 0 Å². The minimum Gasteiger partial charge on any atom is -0.309 e. The molecule has 0 aliphatic carbocycles. The summed E-state index contributed by atoms with van der Waals surface area (Å²) in [5, 5.41) is 8.57. The number of benzene rings is 1. The van der Waals surface area contributed by atoms with Gasteiger partial charge in [0.25, 0.3) is 0 Å². The second-order valence-electron chi connectivity index (χ2n) is 3.92. The molecule has 1 heterocycles. The Balaban J connectivity index is 1.94. The van der Waals surface area contributed by atoms with E-state index in [1.165, 1.54) is 16.7 Å². The van der Waals surface area contributed by atoms with E-state index in [0.717, 1.165) is 22.6 Å². The number of halogens is 2. The lowest BCUT2D eigenvalue weighted by Gasteiger charge is -2.07. The van der Waals surface area contributed by atoms with Crippen molar-refractivity contribution >= 4 is 38.9 Å². The van der Waals surface area contributed by atoms with E-state index in [9.17, 15) is 0 Å². The van der Waals surface area contributed by atoms with Gasteiger partial charge in [-0.15, -0.1) is 0 Å². The molecule has 0 aliphatic heterocycles. The lowest BCUT2D eigenvalue weighted by Crippen LogP contribution is -2.13. The van der Waals surface area contributed by atoms with Crippen molar-refractivity contribution in [2.75, 3.05) is 0 Å². The average molecular weight is 331 g/mol. The van der Waals surface area contributed by atoms with Crippen molar-refractivity contribution in [2.24, 2.45) is 0 Å². The number of hydrogen-bond acceptors (Lipinski definition) is 2. The molecule has 0 spiro atoms. The van der Waals surface area contributed by atoms with Gasteiger partial charge in [-0.2, -0.15) is 11.3 Å². The van der Waals surface area contributed by atoms with Crippen LogP contribution in [0.3, 0.4) is 0 Å². The van der Waals surface area contributed by atoms with Crippen LogP contribution in [-0.2, 0) is 13.1 Å². The summed E-state index contributed by atoms with van der Waals surface area (Å²) in [7, 11) is 0. The standard InChI is InChI=1S/C13H13BrClNS/c1-9-7-17-8-11(9)6-16-5-10-4-12(15)2-3-13(10)14/h2-4,7-8,16H,5-6H2,1H3. The minimum atomic E-state index is 0.775. The molecular formula is C13H13BrClNS. The number of aryl methyl sites for hydroxylation is 1.